The molecular formula is C30H21N5O6S. The van der Waals surface area contributed by atoms with Gasteiger partial charge in [0.05, 0.1) is 32.2 Å². The molecule has 0 aliphatic heterocycles. The van der Waals surface area contributed by atoms with Crippen molar-refractivity contribution in [2.75, 3.05) is 5.43 Å². The summed E-state index contributed by atoms with van der Waals surface area (Å²) in [5, 5.41) is 26.9. The number of esters is 1. The van der Waals surface area contributed by atoms with E-state index in [4.69, 9.17) is 9.72 Å². The predicted octanol–water partition coefficient (Wildman–Crippen LogP) is 7.27. The molecule has 0 saturated heterocycles. The van der Waals surface area contributed by atoms with Gasteiger partial charge in [0.15, 0.2) is 0 Å². The van der Waals surface area contributed by atoms with Gasteiger partial charge >= 0.3 is 5.97 Å². The number of hydrogen-bond donors (Lipinski definition) is 1. The third kappa shape index (κ3) is 6.51. The van der Waals surface area contributed by atoms with Gasteiger partial charge in [-0.15, -0.1) is 0 Å². The first-order valence-corrected chi connectivity index (χ1v) is 13.3. The number of carbonyl (C=O) groups is 1. The maximum atomic E-state index is 12.4. The largest absolute Gasteiger partial charge is 0.423 e. The number of rotatable bonds is 9. The van der Waals surface area contributed by atoms with E-state index in [1.165, 1.54) is 41.7 Å². The summed E-state index contributed by atoms with van der Waals surface area (Å²) in [5.74, 6) is -0.439. The molecule has 4 aromatic carbocycles. The maximum absolute atomic E-state index is 12.4. The van der Waals surface area contributed by atoms with Crippen molar-refractivity contribution in [2.45, 2.75) is 6.92 Å². The second-order valence-corrected chi connectivity index (χ2v) is 10.0. The average molecular weight is 580 g/mol. The summed E-state index contributed by atoms with van der Waals surface area (Å²) in [7, 11) is 0. The van der Waals surface area contributed by atoms with Gasteiger partial charge in [-0.2, -0.15) is 5.10 Å². The van der Waals surface area contributed by atoms with Crippen LogP contribution >= 0.6 is 11.3 Å². The lowest BCUT2D eigenvalue weighted by molar-refractivity contribution is -0.385. The summed E-state index contributed by atoms with van der Waals surface area (Å²) >= 11 is 1.37. The van der Waals surface area contributed by atoms with Gasteiger partial charge in [-0.25, -0.2) is 9.78 Å². The molecule has 0 fully saturated rings. The Kier molecular flexibility index (Phi) is 8.07. The van der Waals surface area contributed by atoms with E-state index < -0.39 is 15.8 Å². The van der Waals surface area contributed by atoms with E-state index in [9.17, 15) is 25.0 Å². The van der Waals surface area contributed by atoms with Crippen LogP contribution in [0.4, 0.5) is 16.5 Å². The van der Waals surface area contributed by atoms with Gasteiger partial charge in [-0.05, 0) is 60.5 Å². The van der Waals surface area contributed by atoms with Crippen molar-refractivity contribution in [2.24, 2.45) is 5.10 Å². The quantitative estimate of drug-likeness (QED) is 0.0630. The molecule has 5 aromatic rings. The number of anilines is 1. The number of non-ortho nitro benzene ring substituents is 2. The van der Waals surface area contributed by atoms with Crippen LogP contribution in [0.1, 0.15) is 21.5 Å². The number of thiazole rings is 1. The van der Waals surface area contributed by atoms with Crippen molar-refractivity contribution in [1.82, 2.24) is 4.98 Å². The van der Waals surface area contributed by atoms with Gasteiger partial charge in [-0.3, -0.25) is 25.7 Å². The van der Waals surface area contributed by atoms with E-state index in [0.29, 0.717) is 10.7 Å². The summed E-state index contributed by atoms with van der Waals surface area (Å²) in [5.41, 5.74) is 7.06. The molecular weight excluding hydrogens is 558 g/mol. The van der Waals surface area contributed by atoms with E-state index in [0.717, 1.165) is 33.3 Å². The molecule has 1 aromatic heterocycles. The molecule has 208 valence electrons. The molecule has 12 heteroatoms. The third-order valence-electron chi connectivity index (χ3n) is 6.05. The first-order chi connectivity index (χ1) is 20.3. The number of ether oxygens (including phenoxy) is 1. The molecule has 0 unspecified atom stereocenters. The monoisotopic (exact) mass is 579 g/mol. The first kappa shape index (κ1) is 27.8. The van der Waals surface area contributed by atoms with Crippen molar-refractivity contribution in [1.29, 1.82) is 0 Å². The summed E-state index contributed by atoms with van der Waals surface area (Å²) in [6.07, 6.45) is 1.57. The molecule has 0 bridgehead atoms. The summed E-state index contributed by atoms with van der Waals surface area (Å²) in [6.45, 7) is 2.00. The lowest BCUT2D eigenvalue weighted by Gasteiger charge is -2.04. The Bertz CT molecular complexity index is 1800. The maximum Gasteiger partial charge on any atom is 0.343 e. The Morgan fingerprint density at radius 2 is 1.55 bits per heavy atom. The van der Waals surface area contributed by atoms with Crippen LogP contribution in [0, 0.1) is 27.2 Å². The Balaban J connectivity index is 1.30. The topological polar surface area (TPSA) is 150 Å². The highest BCUT2D eigenvalue weighted by Gasteiger charge is 2.17. The first-order valence-electron chi connectivity index (χ1n) is 12.5. The number of aryl methyl sites for hydroxylation is 1. The standard InChI is InChI=1S/C30H21N5O6S/c1-19-5-9-21(10-6-19)27-28(22-11-13-24(14-12-22)34(37)38)42-30(32-27)33-31-18-20-7-15-26(16-8-20)41-29(36)23-3-2-4-25(17-23)35(39)40/h2-18H,1H3,(H,32,33)/b31-18-. The highest BCUT2D eigenvalue weighted by Crippen LogP contribution is 2.39. The van der Waals surface area contributed by atoms with Gasteiger partial charge in [-0.1, -0.05) is 47.2 Å². The lowest BCUT2D eigenvalue weighted by Crippen LogP contribution is -2.08. The van der Waals surface area contributed by atoms with Crippen LogP contribution in [0.3, 0.4) is 0 Å². The highest BCUT2D eigenvalue weighted by molar-refractivity contribution is 7.19. The number of benzene rings is 4. The number of hydrazone groups is 1. The van der Waals surface area contributed by atoms with Crippen LogP contribution in [0.5, 0.6) is 5.75 Å². The number of nitro benzene ring substituents is 2. The Hall–Kier alpha value is -5.75. The van der Waals surface area contributed by atoms with E-state index >= 15 is 0 Å². The van der Waals surface area contributed by atoms with Crippen LogP contribution in [0.25, 0.3) is 21.7 Å². The zero-order valence-corrected chi connectivity index (χ0v) is 22.8. The van der Waals surface area contributed by atoms with Gasteiger partial charge in [0.25, 0.3) is 11.4 Å². The van der Waals surface area contributed by atoms with Crippen molar-refractivity contribution >= 4 is 40.0 Å². The van der Waals surface area contributed by atoms with Gasteiger partial charge < -0.3 is 4.74 Å². The van der Waals surface area contributed by atoms with E-state index in [1.54, 1.807) is 42.6 Å². The van der Waals surface area contributed by atoms with Crippen LogP contribution in [-0.2, 0) is 0 Å². The van der Waals surface area contributed by atoms with Crippen molar-refractivity contribution < 1.29 is 19.4 Å². The predicted molar refractivity (Wildman–Crippen MR) is 160 cm³/mol. The summed E-state index contributed by atoms with van der Waals surface area (Å²) in [6, 6.07) is 26.1. The SMILES string of the molecule is Cc1ccc(-c2nc(N/N=C\c3ccc(OC(=O)c4cccc([N+](=O)[O-])c4)cc3)sc2-c2ccc([N+](=O)[O-])cc2)cc1. The molecule has 0 amide bonds. The second kappa shape index (κ2) is 12.2. The summed E-state index contributed by atoms with van der Waals surface area (Å²) in [4.78, 5) is 39.0. The number of nitrogens with one attached hydrogen (secondary N) is 1. The smallest absolute Gasteiger partial charge is 0.343 e. The molecule has 0 spiro atoms. The minimum Gasteiger partial charge on any atom is -0.423 e. The zero-order chi connectivity index (χ0) is 29.6. The van der Waals surface area contributed by atoms with E-state index in [2.05, 4.69) is 10.5 Å². The number of aromatic nitrogens is 1. The van der Waals surface area contributed by atoms with Gasteiger partial charge in [0.2, 0.25) is 5.13 Å². The fourth-order valence-electron chi connectivity index (χ4n) is 3.90. The van der Waals surface area contributed by atoms with E-state index in [-0.39, 0.29) is 22.7 Å². The number of carbonyl (C=O) groups excluding carboxylic acids is 1. The molecule has 1 heterocycles. The molecule has 0 aliphatic carbocycles. The Labute approximate surface area is 243 Å². The fourth-order valence-corrected chi connectivity index (χ4v) is 4.84. The third-order valence-corrected chi connectivity index (χ3v) is 7.06. The van der Waals surface area contributed by atoms with Crippen molar-refractivity contribution in [3.63, 3.8) is 0 Å². The molecule has 42 heavy (non-hydrogen) atoms. The lowest BCUT2D eigenvalue weighted by atomic mass is 10.1. The zero-order valence-electron chi connectivity index (χ0n) is 22.0. The second-order valence-electron chi connectivity index (χ2n) is 9.00. The highest BCUT2D eigenvalue weighted by atomic mass is 32.1. The van der Waals surface area contributed by atoms with E-state index in [1.807, 2.05) is 31.2 Å². The fraction of sp³-hybridized carbons (Fsp3) is 0.0333. The minimum absolute atomic E-state index is 0.00734. The number of nitro groups is 2. The van der Waals surface area contributed by atoms with Crippen LogP contribution in [-0.4, -0.2) is 27.0 Å². The van der Waals surface area contributed by atoms with Crippen molar-refractivity contribution in [3.05, 3.63) is 134 Å². The Morgan fingerprint density at radius 3 is 2.21 bits per heavy atom. The molecule has 0 atom stereocenters. The average Bonchev–Trinajstić information content (AvgIpc) is 3.42. The minimum atomic E-state index is -0.709. The van der Waals surface area contributed by atoms with Gasteiger partial charge in [0, 0.05) is 29.8 Å². The van der Waals surface area contributed by atoms with Crippen LogP contribution < -0.4 is 10.2 Å². The Morgan fingerprint density at radius 1 is 0.881 bits per heavy atom. The molecule has 0 aliphatic rings. The number of nitrogens with zero attached hydrogens (tertiary/aromatic N) is 4. The number of hydrogen-bond acceptors (Lipinski definition) is 10. The molecule has 0 saturated carbocycles. The van der Waals surface area contributed by atoms with Crippen LogP contribution in [0.15, 0.2) is 102 Å². The molecule has 5 rings (SSSR count). The molecule has 1 N–H and O–H groups in total. The molecule has 11 nitrogen and oxygen atoms in total. The normalized spacial score (nSPS) is 10.9. The van der Waals surface area contributed by atoms with Crippen LogP contribution in [0.2, 0.25) is 0 Å². The summed E-state index contributed by atoms with van der Waals surface area (Å²) < 4.78 is 5.32. The molecule has 0 radical (unpaired) electrons. The van der Waals surface area contributed by atoms with Gasteiger partial charge in [0.1, 0.15) is 5.75 Å². The van der Waals surface area contributed by atoms with Crippen molar-refractivity contribution in [3.8, 4) is 27.4 Å².